The Kier molecular flexibility index (Phi) is 6.88. The summed E-state index contributed by atoms with van der Waals surface area (Å²) in [6, 6.07) is 20.3. The fourth-order valence-corrected chi connectivity index (χ4v) is 7.47. The zero-order valence-electron chi connectivity index (χ0n) is 23.1. The molecule has 5 aromatic rings. The molecule has 2 fully saturated rings. The summed E-state index contributed by atoms with van der Waals surface area (Å²) >= 11 is 1.77. The van der Waals surface area contributed by atoms with Gasteiger partial charge in [-0.1, -0.05) is 36.4 Å². The van der Waals surface area contributed by atoms with Gasteiger partial charge in [0.25, 0.3) is 0 Å². The summed E-state index contributed by atoms with van der Waals surface area (Å²) in [7, 11) is 0. The molecule has 3 aromatic carbocycles. The van der Waals surface area contributed by atoms with Gasteiger partial charge in [-0.25, -0.2) is 0 Å². The van der Waals surface area contributed by atoms with E-state index in [1.165, 1.54) is 25.9 Å². The fourth-order valence-electron chi connectivity index (χ4n) is 6.22. The second-order valence-corrected chi connectivity index (χ2v) is 11.7. The molecule has 8 heteroatoms. The maximum absolute atomic E-state index is 13.3. The summed E-state index contributed by atoms with van der Waals surface area (Å²) in [6.45, 7) is 6.50. The van der Waals surface area contributed by atoms with Crippen LogP contribution in [-0.2, 0) is 14.3 Å². The third kappa shape index (κ3) is 4.65. The van der Waals surface area contributed by atoms with Gasteiger partial charge in [-0.3, -0.25) is 9.59 Å². The zero-order chi connectivity index (χ0) is 27.9. The molecule has 2 saturated heterocycles. The van der Waals surface area contributed by atoms with Crippen molar-refractivity contribution < 1.29 is 18.7 Å². The van der Waals surface area contributed by atoms with Gasteiger partial charge in [0.1, 0.15) is 5.58 Å². The molecule has 0 aliphatic carbocycles. The molecular formula is C33H32N2O5S. The average Bonchev–Trinajstić information content (AvgIpc) is 3.41. The van der Waals surface area contributed by atoms with E-state index in [2.05, 4.69) is 52.3 Å². The number of morpholine rings is 1. The highest BCUT2D eigenvalue weighted by atomic mass is 32.1. The lowest BCUT2D eigenvalue weighted by molar-refractivity contribution is -0.148. The van der Waals surface area contributed by atoms with Crippen LogP contribution in [0.1, 0.15) is 19.8 Å². The molecule has 7 nitrogen and oxygen atoms in total. The Balaban J connectivity index is 1.36. The lowest BCUT2D eigenvalue weighted by Gasteiger charge is -2.33. The largest absolute Gasteiger partial charge is 0.466 e. The summed E-state index contributed by atoms with van der Waals surface area (Å²) in [6.07, 6.45) is 1.56. The number of ether oxygens (including phenoxy) is 2. The third-order valence-electron chi connectivity index (χ3n) is 8.31. The minimum Gasteiger partial charge on any atom is -0.466 e. The highest BCUT2D eigenvalue weighted by Crippen LogP contribution is 2.46. The van der Waals surface area contributed by atoms with Crippen LogP contribution >= 0.6 is 11.3 Å². The zero-order valence-corrected chi connectivity index (χ0v) is 23.9. The van der Waals surface area contributed by atoms with Gasteiger partial charge >= 0.3 is 5.97 Å². The van der Waals surface area contributed by atoms with E-state index in [1.54, 1.807) is 17.4 Å². The number of hydrogen-bond donors (Lipinski definition) is 0. The molecule has 0 atom stereocenters. The first-order valence-electron chi connectivity index (χ1n) is 14.4. The quantitative estimate of drug-likeness (QED) is 0.226. The van der Waals surface area contributed by atoms with Crippen LogP contribution in [0.3, 0.4) is 0 Å². The molecule has 0 amide bonds. The van der Waals surface area contributed by atoms with Crippen molar-refractivity contribution >= 4 is 60.0 Å². The van der Waals surface area contributed by atoms with Crippen molar-refractivity contribution in [1.29, 1.82) is 0 Å². The van der Waals surface area contributed by atoms with Crippen molar-refractivity contribution in [1.82, 2.24) is 0 Å². The highest BCUT2D eigenvalue weighted by molar-refractivity contribution is 7.26. The summed E-state index contributed by atoms with van der Waals surface area (Å²) in [4.78, 5) is 30.1. The van der Waals surface area contributed by atoms with E-state index in [0.717, 1.165) is 37.1 Å². The molecule has 0 unspecified atom stereocenters. The number of para-hydroxylation sites is 1. The van der Waals surface area contributed by atoms with Crippen LogP contribution in [0.15, 0.2) is 69.9 Å². The molecule has 0 spiro atoms. The lowest BCUT2D eigenvalue weighted by atomic mass is 9.95. The van der Waals surface area contributed by atoms with Gasteiger partial charge < -0.3 is 23.7 Å². The fraction of sp³-hybridized carbons (Fsp3) is 0.333. The number of benzene rings is 3. The highest BCUT2D eigenvalue weighted by Gasteiger charge is 2.28. The van der Waals surface area contributed by atoms with Gasteiger partial charge in [0.15, 0.2) is 11.3 Å². The molecule has 0 bridgehead atoms. The van der Waals surface area contributed by atoms with Crippen molar-refractivity contribution in [3.05, 3.63) is 70.9 Å². The molecular weight excluding hydrogens is 536 g/mol. The maximum atomic E-state index is 13.3. The van der Waals surface area contributed by atoms with Crippen LogP contribution in [0.2, 0.25) is 0 Å². The average molecular weight is 569 g/mol. The number of nitrogens with zero attached hydrogens (tertiary/aromatic N) is 2. The molecule has 0 radical (unpaired) electrons. The molecule has 7 rings (SSSR count). The van der Waals surface area contributed by atoms with Crippen LogP contribution in [-0.4, -0.2) is 52.0 Å². The summed E-state index contributed by atoms with van der Waals surface area (Å²) < 4.78 is 19.7. The monoisotopic (exact) mass is 568 g/mol. The van der Waals surface area contributed by atoms with Crippen LogP contribution in [0, 0.1) is 5.92 Å². The molecule has 2 aliphatic rings. The smallest absolute Gasteiger partial charge is 0.309 e. The van der Waals surface area contributed by atoms with E-state index < -0.39 is 0 Å². The molecule has 2 aliphatic heterocycles. The first-order valence-corrected chi connectivity index (χ1v) is 15.2. The number of anilines is 2. The van der Waals surface area contributed by atoms with E-state index in [4.69, 9.17) is 13.9 Å². The lowest BCUT2D eigenvalue weighted by Crippen LogP contribution is -2.37. The first kappa shape index (κ1) is 26.0. The van der Waals surface area contributed by atoms with Crippen LogP contribution in [0.5, 0.6) is 0 Å². The predicted octanol–water partition coefficient (Wildman–Crippen LogP) is 6.44. The molecule has 0 saturated carbocycles. The van der Waals surface area contributed by atoms with Gasteiger partial charge in [-0.2, -0.15) is 0 Å². The summed E-state index contributed by atoms with van der Waals surface area (Å²) in [5.74, 6) is 0.467. The van der Waals surface area contributed by atoms with Crippen molar-refractivity contribution in [3.8, 4) is 11.1 Å². The first-order chi connectivity index (χ1) is 20.1. The standard InChI is InChI=1S/C33H32N2O5S/c1-2-39-33(37)21-12-14-34(15-13-21)26-11-10-23(32-30(26)25-6-3-4-9-28(25)41-32)22-7-5-8-24-27(36)20-29(40-31(22)24)35-16-18-38-19-17-35/h3-11,20-21H,2,12-19H2,1H3. The molecule has 4 heterocycles. The number of carbonyl (C=O) groups excluding carboxylic acids is 1. The molecule has 2 aromatic heterocycles. The SMILES string of the molecule is CCOC(=O)C1CCN(c2ccc(-c3cccc4c(=O)cc(N5CCOCC5)oc34)c3sc4ccccc4c23)CC1. The van der Waals surface area contributed by atoms with Crippen molar-refractivity contribution in [2.24, 2.45) is 5.92 Å². The van der Waals surface area contributed by atoms with Crippen LogP contribution in [0.25, 0.3) is 42.3 Å². The Morgan fingerprint density at radius 3 is 2.51 bits per heavy atom. The van der Waals surface area contributed by atoms with Crippen LogP contribution < -0.4 is 15.2 Å². The van der Waals surface area contributed by atoms with Crippen molar-refractivity contribution in [2.75, 3.05) is 55.8 Å². The number of hydrogen-bond acceptors (Lipinski definition) is 8. The van der Waals surface area contributed by atoms with Gasteiger partial charge in [0.05, 0.1) is 31.1 Å². The summed E-state index contributed by atoms with van der Waals surface area (Å²) in [5.41, 5.74) is 3.73. The molecule has 41 heavy (non-hydrogen) atoms. The van der Waals surface area contributed by atoms with E-state index in [0.29, 0.717) is 49.8 Å². The van der Waals surface area contributed by atoms with E-state index in [-0.39, 0.29) is 17.3 Å². The van der Waals surface area contributed by atoms with Gasteiger partial charge in [-0.15, -0.1) is 11.3 Å². The normalized spacial score (nSPS) is 16.6. The van der Waals surface area contributed by atoms with E-state index in [9.17, 15) is 9.59 Å². The van der Waals surface area contributed by atoms with Gasteiger partial charge in [0, 0.05) is 69.2 Å². The minimum atomic E-state index is -0.0810. The second-order valence-electron chi connectivity index (χ2n) is 10.7. The number of piperidine rings is 1. The molecule has 0 N–H and O–H groups in total. The number of thiophene rings is 1. The number of fused-ring (bicyclic) bond motifs is 4. The van der Waals surface area contributed by atoms with Gasteiger partial charge in [0.2, 0.25) is 0 Å². The number of esters is 1. The number of carbonyl (C=O) groups is 1. The van der Waals surface area contributed by atoms with Crippen molar-refractivity contribution in [3.63, 3.8) is 0 Å². The minimum absolute atomic E-state index is 0.0386. The predicted molar refractivity (Wildman–Crippen MR) is 165 cm³/mol. The Morgan fingerprint density at radius 2 is 1.71 bits per heavy atom. The maximum Gasteiger partial charge on any atom is 0.309 e. The number of rotatable bonds is 5. The Hall–Kier alpha value is -3.88. The van der Waals surface area contributed by atoms with Crippen molar-refractivity contribution in [2.45, 2.75) is 19.8 Å². The topological polar surface area (TPSA) is 72.2 Å². The Morgan fingerprint density at radius 1 is 0.927 bits per heavy atom. The Labute approximate surface area is 241 Å². The molecule has 210 valence electrons. The van der Waals surface area contributed by atoms with E-state index >= 15 is 0 Å². The summed E-state index contributed by atoms with van der Waals surface area (Å²) in [5, 5.41) is 3.01. The van der Waals surface area contributed by atoms with E-state index in [1.807, 2.05) is 19.1 Å². The second kappa shape index (κ2) is 10.8. The third-order valence-corrected chi connectivity index (χ3v) is 9.52. The van der Waals surface area contributed by atoms with Gasteiger partial charge in [-0.05, 0) is 38.0 Å². The Bertz CT molecular complexity index is 1810. The van der Waals surface area contributed by atoms with Crippen LogP contribution in [0.4, 0.5) is 11.6 Å².